The average Bonchev–Trinajstić information content (AvgIpc) is 2.54. The van der Waals surface area contributed by atoms with Gasteiger partial charge < -0.3 is 14.7 Å². The van der Waals surface area contributed by atoms with E-state index in [4.69, 9.17) is 9.84 Å². The predicted molar refractivity (Wildman–Crippen MR) is 86.1 cm³/mol. The van der Waals surface area contributed by atoms with E-state index in [1.54, 1.807) is 16.8 Å². The summed E-state index contributed by atoms with van der Waals surface area (Å²) in [6.07, 6.45) is -0.0607. The smallest absolute Gasteiger partial charge is 0.317 e. The molecule has 1 N–H and O–H groups in total. The maximum Gasteiger partial charge on any atom is 0.317 e. The molecule has 1 amide bonds. The van der Waals surface area contributed by atoms with Gasteiger partial charge in [-0.1, -0.05) is 0 Å². The summed E-state index contributed by atoms with van der Waals surface area (Å²) in [7, 11) is 1.67. The molecule has 0 aromatic heterocycles. The van der Waals surface area contributed by atoms with E-state index in [2.05, 4.69) is 0 Å². The standard InChI is InChI=1S/C17H22F2N2O4/c1-20(11-17(23)24)9-14-10-21(6-7-25-14)16(22)5-2-12-8-13(18)3-4-15(12)19/h3-4,8,14H,2,5-7,9-11H2,1H3,(H,23,24). The monoisotopic (exact) mass is 356 g/mol. The van der Waals surface area contributed by atoms with Crippen molar-refractivity contribution in [1.82, 2.24) is 9.80 Å². The van der Waals surface area contributed by atoms with Crippen LogP contribution in [-0.4, -0.2) is 72.7 Å². The fourth-order valence-corrected chi connectivity index (χ4v) is 2.83. The first kappa shape index (κ1) is 19.3. The summed E-state index contributed by atoms with van der Waals surface area (Å²) in [5.74, 6) is -2.14. The van der Waals surface area contributed by atoms with Crippen molar-refractivity contribution in [2.45, 2.75) is 18.9 Å². The molecule has 138 valence electrons. The quantitative estimate of drug-likeness (QED) is 0.793. The van der Waals surface area contributed by atoms with Crippen LogP contribution >= 0.6 is 0 Å². The summed E-state index contributed by atoms with van der Waals surface area (Å²) in [4.78, 5) is 26.3. The van der Waals surface area contributed by atoms with E-state index < -0.39 is 17.6 Å². The highest BCUT2D eigenvalue weighted by molar-refractivity contribution is 5.76. The van der Waals surface area contributed by atoms with Gasteiger partial charge in [-0.15, -0.1) is 0 Å². The zero-order valence-electron chi connectivity index (χ0n) is 14.1. The van der Waals surface area contributed by atoms with Gasteiger partial charge in [0.2, 0.25) is 5.91 Å². The molecule has 1 saturated heterocycles. The van der Waals surface area contributed by atoms with Crippen LogP contribution in [-0.2, 0) is 20.7 Å². The molecule has 1 aromatic rings. The highest BCUT2D eigenvalue weighted by Crippen LogP contribution is 2.14. The number of likely N-dealkylation sites (N-methyl/N-ethyl adjacent to an activating group) is 1. The van der Waals surface area contributed by atoms with E-state index in [1.807, 2.05) is 0 Å². The second-order valence-electron chi connectivity index (χ2n) is 6.16. The second-order valence-corrected chi connectivity index (χ2v) is 6.16. The third kappa shape index (κ3) is 6.06. The maximum absolute atomic E-state index is 13.6. The molecule has 8 heteroatoms. The molecule has 1 atom stereocenters. The number of carboxylic acids is 1. The first-order chi connectivity index (χ1) is 11.8. The van der Waals surface area contributed by atoms with Gasteiger partial charge in [0.25, 0.3) is 0 Å². The molecule has 1 aliphatic heterocycles. The maximum atomic E-state index is 13.6. The van der Waals surface area contributed by atoms with Crippen LogP contribution in [0, 0.1) is 11.6 Å². The number of hydrogen-bond acceptors (Lipinski definition) is 4. The molecular weight excluding hydrogens is 334 g/mol. The molecule has 1 aromatic carbocycles. The van der Waals surface area contributed by atoms with Crippen LogP contribution in [0.15, 0.2) is 18.2 Å². The van der Waals surface area contributed by atoms with Crippen LogP contribution in [0.3, 0.4) is 0 Å². The highest BCUT2D eigenvalue weighted by Gasteiger charge is 2.25. The molecule has 0 spiro atoms. The molecule has 0 saturated carbocycles. The molecular formula is C17H22F2N2O4. The zero-order valence-corrected chi connectivity index (χ0v) is 14.1. The number of carbonyl (C=O) groups excluding carboxylic acids is 1. The third-order valence-corrected chi connectivity index (χ3v) is 4.03. The molecule has 1 fully saturated rings. The summed E-state index contributed by atoms with van der Waals surface area (Å²) >= 11 is 0. The Morgan fingerprint density at radius 1 is 1.40 bits per heavy atom. The topological polar surface area (TPSA) is 70.1 Å². The summed E-state index contributed by atoms with van der Waals surface area (Å²) < 4.78 is 32.3. The van der Waals surface area contributed by atoms with E-state index in [0.717, 1.165) is 18.2 Å². The van der Waals surface area contributed by atoms with Crippen LogP contribution in [0.5, 0.6) is 0 Å². The van der Waals surface area contributed by atoms with Crippen LogP contribution in [0.4, 0.5) is 8.78 Å². The van der Waals surface area contributed by atoms with E-state index in [9.17, 15) is 18.4 Å². The van der Waals surface area contributed by atoms with Gasteiger partial charge >= 0.3 is 5.97 Å². The van der Waals surface area contributed by atoms with Crippen molar-refractivity contribution in [3.05, 3.63) is 35.4 Å². The average molecular weight is 356 g/mol. The Hall–Kier alpha value is -2.06. The number of morpholine rings is 1. The number of halogens is 2. The normalized spacial score (nSPS) is 17.8. The number of ether oxygens (including phenoxy) is 1. The number of aliphatic carboxylic acids is 1. The minimum Gasteiger partial charge on any atom is -0.480 e. The van der Waals surface area contributed by atoms with E-state index in [-0.39, 0.29) is 37.0 Å². The van der Waals surface area contributed by atoms with Crippen molar-refractivity contribution in [2.24, 2.45) is 0 Å². The third-order valence-electron chi connectivity index (χ3n) is 4.03. The Kier molecular flexibility index (Phi) is 6.83. The first-order valence-electron chi connectivity index (χ1n) is 8.09. The van der Waals surface area contributed by atoms with Crippen molar-refractivity contribution >= 4 is 11.9 Å². The van der Waals surface area contributed by atoms with E-state index in [0.29, 0.717) is 26.2 Å². The first-order valence-corrected chi connectivity index (χ1v) is 8.09. The number of hydrogen-bond donors (Lipinski definition) is 1. The SMILES string of the molecule is CN(CC(=O)O)CC1CN(C(=O)CCc2cc(F)ccc2F)CCO1. The van der Waals surface area contributed by atoms with Gasteiger partial charge in [0.1, 0.15) is 11.6 Å². The van der Waals surface area contributed by atoms with Crippen LogP contribution in [0.25, 0.3) is 0 Å². The zero-order chi connectivity index (χ0) is 18.4. The Morgan fingerprint density at radius 3 is 2.88 bits per heavy atom. The number of amides is 1. The Balaban J connectivity index is 1.84. The number of carbonyl (C=O) groups is 2. The van der Waals surface area contributed by atoms with Crippen molar-refractivity contribution in [2.75, 3.05) is 39.8 Å². The fourth-order valence-electron chi connectivity index (χ4n) is 2.83. The molecule has 25 heavy (non-hydrogen) atoms. The second kappa shape index (κ2) is 8.87. The van der Waals surface area contributed by atoms with Gasteiger partial charge in [0.05, 0.1) is 19.3 Å². The number of benzene rings is 1. The molecule has 1 aliphatic rings. The summed E-state index contributed by atoms with van der Waals surface area (Å²) in [5, 5.41) is 8.77. The van der Waals surface area contributed by atoms with Gasteiger partial charge in [-0.05, 0) is 37.2 Å². The highest BCUT2D eigenvalue weighted by atomic mass is 19.1. The van der Waals surface area contributed by atoms with Gasteiger partial charge in [-0.25, -0.2) is 8.78 Å². The van der Waals surface area contributed by atoms with Gasteiger partial charge in [0, 0.05) is 26.1 Å². The number of aryl methyl sites for hydroxylation is 1. The molecule has 0 aliphatic carbocycles. The number of rotatable bonds is 7. The minimum atomic E-state index is -0.927. The van der Waals surface area contributed by atoms with Crippen molar-refractivity contribution < 1.29 is 28.2 Å². The lowest BCUT2D eigenvalue weighted by molar-refractivity contribution is -0.142. The van der Waals surface area contributed by atoms with Crippen molar-refractivity contribution in [3.8, 4) is 0 Å². The Bertz CT molecular complexity index is 627. The predicted octanol–water partition coefficient (Wildman–Crippen LogP) is 1.14. The number of nitrogens with zero attached hydrogens (tertiary/aromatic N) is 2. The molecule has 2 rings (SSSR count). The lowest BCUT2D eigenvalue weighted by atomic mass is 10.1. The summed E-state index contributed by atoms with van der Waals surface area (Å²) in [6.45, 7) is 1.45. The minimum absolute atomic E-state index is 0.0814. The molecule has 0 bridgehead atoms. The lowest BCUT2D eigenvalue weighted by Crippen LogP contribution is -2.49. The molecule has 1 unspecified atom stereocenters. The van der Waals surface area contributed by atoms with Crippen LogP contribution in [0.2, 0.25) is 0 Å². The van der Waals surface area contributed by atoms with E-state index >= 15 is 0 Å². The van der Waals surface area contributed by atoms with Crippen molar-refractivity contribution in [3.63, 3.8) is 0 Å². The summed E-state index contributed by atoms with van der Waals surface area (Å²) in [6, 6.07) is 3.20. The Morgan fingerprint density at radius 2 is 2.16 bits per heavy atom. The fraction of sp³-hybridized carbons (Fsp3) is 0.529. The van der Waals surface area contributed by atoms with Crippen LogP contribution in [0.1, 0.15) is 12.0 Å². The Labute approximate surface area is 145 Å². The van der Waals surface area contributed by atoms with E-state index in [1.165, 1.54) is 0 Å². The molecule has 6 nitrogen and oxygen atoms in total. The van der Waals surface area contributed by atoms with Crippen molar-refractivity contribution in [1.29, 1.82) is 0 Å². The molecule has 1 heterocycles. The largest absolute Gasteiger partial charge is 0.480 e. The number of carboxylic acid groups (broad SMARTS) is 1. The lowest BCUT2D eigenvalue weighted by Gasteiger charge is -2.34. The summed E-state index contributed by atoms with van der Waals surface area (Å²) in [5.41, 5.74) is 0.180. The van der Waals surface area contributed by atoms with Gasteiger partial charge in [0.15, 0.2) is 0 Å². The van der Waals surface area contributed by atoms with Gasteiger partial charge in [-0.3, -0.25) is 14.5 Å². The molecule has 0 radical (unpaired) electrons. The van der Waals surface area contributed by atoms with Crippen LogP contribution < -0.4 is 0 Å². The van der Waals surface area contributed by atoms with Gasteiger partial charge in [-0.2, -0.15) is 0 Å².